The number of rotatable bonds is 4. The highest BCUT2D eigenvalue weighted by atomic mass is 32.2. The van der Waals surface area contributed by atoms with Crippen LogP contribution in [0.3, 0.4) is 0 Å². The second-order valence-corrected chi connectivity index (χ2v) is 8.16. The lowest BCUT2D eigenvalue weighted by atomic mass is 9.86. The summed E-state index contributed by atoms with van der Waals surface area (Å²) in [4.78, 5) is 10.1. The van der Waals surface area contributed by atoms with Gasteiger partial charge in [-0.1, -0.05) is 6.07 Å². The summed E-state index contributed by atoms with van der Waals surface area (Å²) in [6.07, 6.45) is -3.40. The third kappa shape index (κ3) is 3.85. The summed E-state index contributed by atoms with van der Waals surface area (Å²) in [7, 11) is -3.85. The summed E-state index contributed by atoms with van der Waals surface area (Å²) in [5, 5.41) is -0.769. The third-order valence-electron chi connectivity index (χ3n) is 4.25. The van der Waals surface area contributed by atoms with Crippen molar-refractivity contribution in [3.05, 3.63) is 29.8 Å². The Kier molecular flexibility index (Phi) is 4.75. The summed E-state index contributed by atoms with van der Waals surface area (Å²) < 4.78 is 68.3. The fourth-order valence-corrected chi connectivity index (χ4v) is 4.59. The van der Waals surface area contributed by atoms with Crippen LogP contribution in [0.4, 0.5) is 13.2 Å². The molecule has 2 rings (SSSR count). The molecule has 0 N–H and O–H groups in total. The molecule has 1 aliphatic rings. The topological polar surface area (TPSA) is 60.4 Å². The Labute approximate surface area is 132 Å². The fraction of sp³-hybridized carbons (Fsp3) is 0.533. The Balaban J connectivity index is 2.22. The average Bonchev–Trinajstić information content (AvgIpc) is 2.47. The Hall–Kier alpha value is -1.57. The van der Waals surface area contributed by atoms with Crippen molar-refractivity contribution in [3.63, 3.8) is 0 Å². The van der Waals surface area contributed by atoms with E-state index in [0.717, 1.165) is 12.1 Å². The van der Waals surface area contributed by atoms with Crippen molar-refractivity contribution in [2.24, 2.45) is 0 Å². The summed E-state index contributed by atoms with van der Waals surface area (Å²) >= 11 is 0. The molecule has 0 saturated heterocycles. The van der Waals surface area contributed by atoms with Gasteiger partial charge in [-0.25, -0.2) is 8.42 Å². The van der Waals surface area contributed by atoms with E-state index in [1.165, 1.54) is 6.07 Å². The zero-order chi connectivity index (χ0) is 17.3. The Bertz CT molecular complexity index is 674. The molecule has 1 fully saturated rings. The van der Waals surface area contributed by atoms with E-state index in [1.807, 2.05) is 0 Å². The van der Waals surface area contributed by atoms with Crippen LogP contribution in [0, 0.1) is 0 Å². The minimum atomic E-state index is -4.59. The highest BCUT2D eigenvalue weighted by Crippen LogP contribution is 2.37. The molecule has 0 aliphatic heterocycles. The molecule has 0 unspecified atom stereocenters. The highest BCUT2D eigenvalue weighted by Gasteiger charge is 2.39. The van der Waals surface area contributed by atoms with Crippen molar-refractivity contribution in [3.8, 4) is 0 Å². The van der Waals surface area contributed by atoms with Gasteiger partial charge in [-0.2, -0.15) is 13.2 Å². The zero-order valence-electron chi connectivity index (χ0n) is 12.5. The van der Waals surface area contributed by atoms with Gasteiger partial charge >= 0.3 is 6.18 Å². The first-order valence-electron chi connectivity index (χ1n) is 7.11. The van der Waals surface area contributed by atoms with Gasteiger partial charge in [-0.3, -0.25) is 4.79 Å². The number of carbonyl (C=O) groups excluding carboxylic acids is 1. The van der Waals surface area contributed by atoms with Crippen LogP contribution >= 0.6 is 0 Å². The molecule has 0 bridgehead atoms. The predicted octanol–water partition coefficient (Wildman–Crippen LogP) is 3.35. The molecule has 0 radical (unpaired) electrons. The maximum absolute atomic E-state index is 12.7. The first-order chi connectivity index (χ1) is 10.6. The van der Waals surface area contributed by atoms with E-state index in [1.54, 1.807) is 6.92 Å². The van der Waals surface area contributed by atoms with Crippen LogP contribution in [-0.2, 0) is 25.5 Å². The second-order valence-electron chi connectivity index (χ2n) is 5.93. The molecular formula is C15H17F3O4S. The van der Waals surface area contributed by atoms with E-state index in [4.69, 9.17) is 4.74 Å². The van der Waals surface area contributed by atoms with Gasteiger partial charge < -0.3 is 4.74 Å². The Morgan fingerprint density at radius 3 is 2.39 bits per heavy atom. The van der Waals surface area contributed by atoms with Gasteiger partial charge in [0.2, 0.25) is 0 Å². The monoisotopic (exact) mass is 350 g/mol. The smallest absolute Gasteiger partial charge is 0.416 e. The zero-order valence-corrected chi connectivity index (χ0v) is 13.3. The van der Waals surface area contributed by atoms with Gasteiger partial charge in [-0.05, 0) is 50.8 Å². The van der Waals surface area contributed by atoms with Crippen molar-refractivity contribution >= 4 is 16.3 Å². The molecule has 0 atom stereocenters. The van der Waals surface area contributed by atoms with Crippen molar-refractivity contribution in [1.82, 2.24) is 0 Å². The molecule has 1 aromatic carbocycles. The van der Waals surface area contributed by atoms with E-state index < -0.39 is 32.4 Å². The standard InChI is InChI=1S/C15H17F3O4S/c1-14(22-10-19)7-5-12(6-8-14)23(20,21)13-4-2-3-11(9-13)15(16,17)18/h2-4,9-10,12H,5-8H2,1H3. The van der Waals surface area contributed by atoms with E-state index in [-0.39, 0.29) is 17.7 Å². The number of hydrogen-bond acceptors (Lipinski definition) is 4. The minimum absolute atomic E-state index is 0.239. The summed E-state index contributed by atoms with van der Waals surface area (Å²) in [6.45, 7) is 2.05. The number of halogens is 3. The van der Waals surface area contributed by atoms with Crippen LogP contribution in [0.5, 0.6) is 0 Å². The predicted molar refractivity (Wildman–Crippen MR) is 76.4 cm³/mol. The Morgan fingerprint density at radius 2 is 1.87 bits per heavy atom. The second kappa shape index (κ2) is 6.14. The summed E-state index contributed by atoms with van der Waals surface area (Å²) in [6, 6.07) is 3.79. The molecule has 23 heavy (non-hydrogen) atoms. The Morgan fingerprint density at radius 1 is 1.26 bits per heavy atom. The van der Waals surface area contributed by atoms with Crippen LogP contribution in [0.15, 0.2) is 29.2 Å². The first kappa shape index (κ1) is 17.8. The maximum atomic E-state index is 12.7. The van der Waals surface area contributed by atoms with Crippen molar-refractivity contribution < 1.29 is 31.1 Å². The van der Waals surface area contributed by atoms with Crippen LogP contribution in [0.2, 0.25) is 0 Å². The molecule has 0 heterocycles. The minimum Gasteiger partial charge on any atom is -0.462 e. The van der Waals surface area contributed by atoms with E-state index in [9.17, 15) is 26.4 Å². The van der Waals surface area contributed by atoms with Gasteiger partial charge in [-0.15, -0.1) is 0 Å². The van der Waals surface area contributed by atoms with Gasteiger partial charge in [0.25, 0.3) is 6.47 Å². The molecule has 128 valence electrons. The van der Waals surface area contributed by atoms with E-state index in [0.29, 0.717) is 25.4 Å². The number of hydrogen-bond donors (Lipinski definition) is 0. The third-order valence-corrected chi connectivity index (χ3v) is 6.51. The lowest BCUT2D eigenvalue weighted by Gasteiger charge is -2.35. The SMILES string of the molecule is CC1(OC=O)CCC(S(=O)(=O)c2cccc(C(F)(F)F)c2)CC1. The largest absolute Gasteiger partial charge is 0.462 e. The first-order valence-corrected chi connectivity index (χ1v) is 8.66. The fourth-order valence-electron chi connectivity index (χ4n) is 2.79. The normalized spacial score (nSPS) is 25.8. The van der Waals surface area contributed by atoms with Gasteiger partial charge in [0.1, 0.15) is 5.60 Å². The summed E-state index contributed by atoms with van der Waals surface area (Å²) in [5.74, 6) is 0. The molecule has 0 spiro atoms. The molecule has 1 saturated carbocycles. The van der Waals surface area contributed by atoms with Gasteiger partial charge in [0.15, 0.2) is 9.84 Å². The molecule has 0 aromatic heterocycles. The van der Waals surface area contributed by atoms with Crippen LogP contribution < -0.4 is 0 Å². The van der Waals surface area contributed by atoms with Crippen molar-refractivity contribution in [2.75, 3.05) is 0 Å². The maximum Gasteiger partial charge on any atom is 0.416 e. The number of carbonyl (C=O) groups is 1. The number of ether oxygens (including phenoxy) is 1. The lowest BCUT2D eigenvalue weighted by Crippen LogP contribution is -2.38. The van der Waals surface area contributed by atoms with E-state index >= 15 is 0 Å². The number of sulfone groups is 1. The molecule has 8 heteroatoms. The molecule has 1 aliphatic carbocycles. The molecule has 1 aromatic rings. The van der Waals surface area contributed by atoms with Crippen molar-refractivity contribution in [1.29, 1.82) is 0 Å². The van der Waals surface area contributed by atoms with Gasteiger partial charge in [0, 0.05) is 0 Å². The van der Waals surface area contributed by atoms with E-state index in [2.05, 4.69) is 0 Å². The number of alkyl halides is 3. The lowest BCUT2D eigenvalue weighted by molar-refractivity contribution is -0.144. The van der Waals surface area contributed by atoms with Crippen molar-refractivity contribution in [2.45, 2.75) is 54.5 Å². The molecule has 4 nitrogen and oxygen atoms in total. The average molecular weight is 350 g/mol. The quantitative estimate of drug-likeness (QED) is 0.782. The van der Waals surface area contributed by atoms with Crippen LogP contribution in [0.1, 0.15) is 38.2 Å². The van der Waals surface area contributed by atoms with Crippen LogP contribution in [-0.4, -0.2) is 25.7 Å². The number of benzene rings is 1. The van der Waals surface area contributed by atoms with Crippen LogP contribution in [0.25, 0.3) is 0 Å². The molecule has 0 amide bonds. The van der Waals surface area contributed by atoms with Gasteiger partial charge in [0.05, 0.1) is 15.7 Å². The highest BCUT2D eigenvalue weighted by molar-refractivity contribution is 7.92. The molecular weight excluding hydrogens is 333 g/mol. The summed E-state index contributed by atoms with van der Waals surface area (Å²) in [5.41, 5.74) is -1.69.